The molecule has 1 N–H and O–H groups in total. The summed E-state index contributed by atoms with van der Waals surface area (Å²) in [5.74, 6) is 1.31. The second-order valence-corrected chi connectivity index (χ2v) is 4.21. The van der Waals surface area contributed by atoms with Crippen molar-refractivity contribution in [3.63, 3.8) is 0 Å². The molecular weight excluding hydrogens is 242 g/mol. The molecule has 0 saturated heterocycles. The van der Waals surface area contributed by atoms with Crippen LogP contribution < -0.4 is 4.74 Å². The van der Waals surface area contributed by atoms with Crippen LogP contribution in [-0.4, -0.2) is 17.2 Å². The van der Waals surface area contributed by atoms with Crippen LogP contribution in [0.4, 0.5) is 0 Å². The molecule has 0 aliphatic carbocycles. The number of aliphatic hydroxyl groups excluding tert-OH is 1. The summed E-state index contributed by atoms with van der Waals surface area (Å²) in [6.07, 6.45) is 0. The Balaban J connectivity index is 2.09. The molecule has 0 bridgehead atoms. The molecule has 0 spiro atoms. The summed E-state index contributed by atoms with van der Waals surface area (Å²) in [5, 5.41) is 9.11. The first-order valence-corrected chi connectivity index (χ1v) is 5.95. The second kappa shape index (κ2) is 4.74. The van der Waals surface area contributed by atoms with Crippen LogP contribution in [0, 0.1) is 0 Å². The van der Waals surface area contributed by atoms with Gasteiger partial charge in [0.1, 0.15) is 11.3 Å². The molecule has 1 aromatic heterocycles. The number of fused-ring (bicyclic) bond motifs is 1. The number of aromatic nitrogens is 1. The minimum Gasteiger partial charge on any atom is -0.497 e. The van der Waals surface area contributed by atoms with Gasteiger partial charge in [0, 0.05) is 5.56 Å². The normalized spacial score (nSPS) is 10.8. The summed E-state index contributed by atoms with van der Waals surface area (Å²) in [6, 6.07) is 13.0. The van der Waals surface area contributed by atoms with Crippen LogP contribution in [0.25, 0.3) is 22.6 Å². The average Bonchev–Trinajstić information content (AvgIpc) is 2.90. The van der Waals surface area contributed by atoms with Gasteiger partial charge in [-0.1, -0.05) is 12.1 Å². The fourth-order valence-electron chi connectivity index (χ4n) is 1.95. The number of oxazole rings is 1. The van der Waals surface area contributed by atoms with Crippen LogP contribution in [0.5, 0.6) is 5.75 Å². The minimum atomic E-state index is -0.00880. The average molecular weight is 255 g/mol. The lowest BCUT2D eigenvalue weighted by Crippen LogP contribution is -1.83. The highest BCUT2D eigenvalue weighted by Crippen LogP contribution is 2.27. The van der Waals surface area contributed by atoms with Crippen molar-refractivity contribution in [3.05, 3.63) is 48.0 Å². The zero-order valence-electron chi connectivity index (χ0n) is 10.5. The largest absolute Gasteiger partial charge is 0.497 e. The van der Waals surface area contributed by atoms with Crippen molar-refractivity contribution in [1.82, 2.24) is 4.98 Å². The smallest absolute Gasteiger partial charge is 0.227 e. The van der Waals surface area contributed by atoms with Gasteiger partial charge in [-0.15, -0.1) is 0 Å². The maximum Gasteiger partial charge on any atom is 0.227 e. The van der Waals surface area contributed by atoms with Crippen molar-refractivity contribution in [1.29, 1.82) is 0 Å². The molecule has 19 heavy (non-hydrogen) atoms. The Bertz CT molecular complexity index is 718. The number of ether oxygens (including phenoxy) is 1. The summed E-state index contributed by atoms with van der Waals surface area (Å²) in [5.41, 5.74) is 3.11. The van der Waals surface area contributed by atoms with Crippen molar-refractivity contribution in [2.75, 3.05) is 7.11 Å². The molecule has 0 aliphatic rings. The van der Waals surface area contributed by atoms with Crippen LogP contribution in [0.3, 0.4) is 0 Å². The van der Waals surface area contributed by atoms with E-state index in [2.05, 4.69) is 4.98 Å². The summed E-state index contributed by atoms with van der Waals surface area (Å²) in [6.45, 7) is -0.00880. The van der Waals surface area contributed by atoms with Crippen LogP contribution in [0.1, 0.15) is 5.56 Å². The van der Waals surface area contributed by atoms with Gasteiger partial charge in [0.15, 0.2) is 5.58 Å². The topological polar surface area (TPSA) is 55.5 Å². The highest BCUT2D eigenvalue weighted by atomic mass is 16.5. The van der Waals surface area contributed by atoms with Crippen LogP contribution in [-0.2, 0) is 6.61 Å². The van der Waals surface area contributed by atoms with Crippen LogP contribution >= 0.6 is 0 Å². The molecule has 2 aromatic carbocycles. The summed E-state index contributed by atoms with van der Waals surface area (Å²) in [7, 11) is 1.62. The molecule has 1 heterocycles. The number of hydrogen-bond acceptors (Lipinski definition) is 4. The van der Waals surface area contributed by atoms with Crippen molar-refractivity contribution >= 4 is 11.1 Å². The van der Waals surface area contributed by atoms with Gasteiger partial charge in [0.05, 0.1) is 13.7 Å². The Morgan fingerprint density at radius 3 is 2.89 bits per heavy atom. The fraction of sp³-hybridized carbons (Fsp3) is 0.133. The number of rotatable bonds is 3. The highest BCUT2D eigenvalue weighted by Gasteiger charge is 2.09. The van der Waals surface area contributed by atoms with E-state index in [4.69, 9.17) is 14.3 Å². The van der Waals surface area contributed by atoms with Crippen LogP contribution in [0.15, 0.2) is 46.9 Å². The minimum absolute atomic E-state index is 0.00880. The van der Waals surface area contributed by atoms with E-state index in [0.717, 1.165) is 22.4 Å². The van der Waals surface area contributed by atoms with Gasteiger partial charge >= 0.3 is 0 Å². The molecule has 0 saturated carbocycles. The Kier molecular flexibility index (Phi) is 2.93. The van der Waals surface area contributed by atoms with E-state index in [1.165, 1.54) is 0 Å². The van der Waals surface area contributed by atoms with Gasteiger partial charge in [0.2, 0.25) is 5.89 Å². The fourth-order valence-corrected chi connectivity index (χ4v) is 1.95. The standard InChI is InChI=1S/C15H13NO3/c1-18-12-4-2-3-11(8-12)15-16-13-6-5-10(9-17)7-14(13)19-15/h2-8,17H,9H2,1H3. The third kappa shape index (κ3) is 2.18. The lowest BCUT2D eigenvalue weighted by Gasteiger charge is -2.00. The van der Waals surface area contributed by atoms with Gasteiger partial charge in [-0.05, 0) is 35.9 Å². The Morgan fingerprint density at radius 1 is 1.21 bits per heavy atom. The molecule has 96 valence electrons. The third-order valence-corrected chi connectivity index (χ3v) is 2.95. The van der Waals surface area contributed by atoms with E-state index in [1.54, 1.807) is 13.2 Å². The Labute approximate surface area is 110 Å². The molecule has 0 radical (unpaired) electrons. The van der Waals surface area contributed by atoms with Crippen molar-refractivity contribution in [2.24, 2.45) is 0 Å². The van der Waals surface area contributed by atoms with Crippen LogP contribution in [0.2, 0.25) is 0 Å². The highest BCUT2D eigenvalue weighted by molar-refractivity contribution is 5.77. The van der Waals surface area contributed by atoms with Crippen molar-refractivity contribution < 1.29 is 14.3 Å². The molecule has 4 nitrogen and oxygen atoms in total. The van der Waals surface area contributed by atoms with E-state index in [-0.39, 0.29) is 6.61 Å². The first kappa shape index (κ1) is 11.7. The van der Waals surface area contributed by atoms with Gasteiger partial charge in [0.25, 0.3) is 0 Å². The zero-order chi connectivity index (χ0) is 13.2. The summed E-state index contributed by atoms with van der Waals surface area (Å²) < 4.78 is 10.9. The number of hydrogen-bond donors (Lipinski definition) is 1. The molecule has 0 amide bonds. The molecule has 4 heteroatoms. The lowest BCUT2D eigenvalue weighted by atomic mass is 10.2. The number of nitrogens with zero attached hydrogens (tertiary/aromatic N) is 1. The molecule has 0 fully saturated rings. The van der Waals surface area contributed by atoms with Gasteiger partial charge < -0.3 is 14.3 Å². The first-order chi connectivity index (χ1) is 9.30. The quantitative estimate of drug-likeness (QED) is 0.781. The zero-order valence-corrected chi connectivity index (χ0v) is 10.5. The maximum atomic E-state index is 9.11. The van der Waals surface area contributed by atoms with E-state index in [0.29, 0.717) is 11.5 Å². The summed E-state index contributed by atoms with van der Waals surface area (Å²) >= 11 is 0. The van der Waals surface area contributed by atoms with E-state index < -0.39 is 0 Å². The third-order valence-electron chi connectivity index (χ3n) is 2.95. The van der Waals surface area contributed by atoms with Crippen molar-refractivity contribution in [2.45, 2.75) is 6.61 Å². The molecule has 0 aliphatic heterocycles. The molecule has 0 atom stereocenters. The predicted molar refractivity (Wildman–Crippen MR) is 71.9 cm³/mol. The maximum absolute atomic E-state index is 9.11. The van der Waals surface area contributed by atoms with E-state index in [1.807, 2.05) is 36.4 Å². The van der Waals surface area contributed by atoms with E-state index in [9.17, 15) is 0 Å². The molecule has 0 unspecified atom stereocenters. The second-order valence-electron chi connectivity index (χ2n) is 4.21. The SMILES string of the molecule is COc1cccc(-c2nc3ccc(CO)cc3o2)c1. The molecule has 3 aromatic rings. The molecular formula is C15H13NO3. The van der Waals surface area contributed by atoms with Gasteiger partial charge in [-0.2, -0.15) is 0 Å². The van der Waals surface area contributed by atoms with Gasteiger partial charge in [-0.25, -0.2) is 4.98 Å². The monoisotopic (exact) mass is 255 g/mol. The lowest BCUT2D eigenvalue weighted by molar-refractivity contribution is 0.282. The number of aliphatic hydroxyl groups is 1. The number of methoxy groups -OCH3 is 1. The Morgan fingerprint density at radius 2 is 2.11 bits per heavy atom. The van der Waals surface area contributed by atoms with Gasteiger partial charge in [-0.3, -0.25) is 0 Å². The van der Waals surface area contributed by atoms with Crippen molar-refractivity contribution in [3.8, 4) is 17.2 Å². The predicted octanol–water partition coefficient (Wildman–Crippen LogP) is 3.00. The van der Waals surface area contributed by atoms with E-state index >= 15 is 0 Å². The first-order valence-electron chi connectivity index (χ1n) is 5.95. The summed E-state index contributed by atoms with van der Waals surface area (Å²) in [4.78, 5) is 4.43. The number of benzene rings is 2. The molecule has 3 rings (SSSR count). The Hall–Kier alpha value is -2.33.